The van der Waals surface area contributed by atoms with Crippen molar-refractivity contribution in [1.82, 2.24) is 9.29 Å². The van der Waals surface area contributed by atoms with Crippen molar-refractivity contribution >= 4 is 23.3 Å². The van der Waals surface area contributed by atoms with E-state index in [4.69, 9.17) is 10.5 Å². The highest BCUT2D eigenvalue weighted by Gasteiger charge is 2.21. The number of rotatable bonds is 7. The number of hydrogen-bond donors (Lipinski definition) is 2. The molecule has 0 aliphatic carbocycles. The number of nitrogens with one attached hydrogen (secondary N) is 1. The minimum atomic E-state index is 0.312. The summed E-state index contributed by atoms with van der Waals surface area (Å²) in [4.78, 5) is 5.44. The van der Waals surface area contributed by atoms with E-state index in [0.717, 1.165) is 48.2 Å². The van der Waals surface area contributed by atoms with Gasteiger partial charge in [0.2, 0.25) is 5.88 Å². The number of nitrogens with two attached hydrogens (primary N) is 1. The van der Waals surface area contributed by atoms with Gasteiger partial charge in [-0.05, 0) is 85.2 Å². The van der Waals surface area contributed by atoms with E-state index < -0.39 is 0 Å². The molecule has 174 valence electrons. The fraction of sp³-hybridized carbons (Fsp3) is 0.370. The average molecular weight is 463 g/mol. The third kappa shape index (κ3) is 5.12. The van der Waals surface area contributed by atoms with Crippen molar-refractivity contribution in [2.45, 2.75) is 51.5 Å². The maximum atomic E-state index is 6.48. The molecule has 3 N–H and O–H groups in total. The average Bonchev–Trinajstić information content (AvgIpc) is 3.02. The van der Waals surface area contributed by atoms with Gasteiger partial charge in [-0.25, -0.2) is 9.29 Å². The van der Waals surface area contributed by atoms with Gasteiger partial charge in [-0.15, -0.1) is 0 Å². The highest BCUT2D eigenvalue weighted by Crippen LogP contribution is 2.37. The second-order valence-electron chi connectivity index (χ2n) is 8.53. The van der Waals surface area contributed by atoms with E-state index in [1.54, 1.807) is 18.1 Å². The van der Waals surface area contributed by atoms with E-state index in [9.17, 15) is 0 Å². The van der Waals surface area contributed by atoms with Crippen molar-refractivity contribution in [1.29, 1.82) is 0 Å². The van der Waals surface area contributed by atoms with E-state index in [-0.39, 0.29) is 0 Å². The van der Waals surface area contributed by atoms with E-state index in [1.165, 1.54) is 27.8 Å². The van der Waals surface area contributed by atoms with Crippen LogP contribution in [0.3, 0.4) is 0 Å². The third-order valence-electron chi connectivity index (χ3n) is 6.37. The van der Waals surface area contributed by atoms with Gasteiger partial charge >= 0.3 is 0 Å². The molecule has 0 radical (unpaired) electrons. The monoisotopic (exact) mass is 462 g/mol. The summed E-state index contributed by atoms with van der Waals surface area (Å²) in [6.45, 7) is 11.9. The van der Waals surface area contributed by atoms with Crippen LogP contribution in [-0.4, -0.2) is 29.0 Å². The standard InChI is InChI=1S/C27H34N4OS/c1-5-22(23-11-12-24(29-6-2)26(28)19(23)4)20-10-9-18(3)21(16-20)17-31-14-15-32-27-25(33-31)8-7-13-30-27/h7-13,16,22,29H,5-6,14-15,17,28H2,1-4H3. The first kappa shape index (κ1) is 23.5. The number of fused-ring (bicyclic) bond motifs is 1. The zero-order valence-electron chi connectivity index (χ0n) is 20.0. The zero-order valence-corrected chi connectivity index (χ0v) is 20.8. The summed E-state index contributed by atoms with van der Waals surface area (Å²) >= 11 is 1.73. The van der Waals surface area contributed by atoms with Crippen LogP contribution in [0.1, 0.15) is 54.0 Å². The van der Waals surface area contributed by atoms with Crippen LogP contribution in [-0.2, 0) is 6.54 Å². The summed E-state index contributed by atoms with van der Waals surface area (Å²) in [7, 11) is 0. The van der Waals surface area contributed by atoms with E-state index in [1.807, 2.05) is 6.07 Å². The summed E-state index contributed by atoms with van der Waals surface area (Å²) in [5, 5.41) is 3.37. The van der Waals surface area contributed by atoms with Crippen LogP contribution < -0.4 is 15.8 Å². The van der Waals surface area contributed by atoms with Crippen LogP contribution in [0, 0.1) is 13.8 Å². The molecule has 4 rings (SSSR count). The lowest BCUT2D eigenvalue weighted by Crippen LogP contribution is -2.20. The SMILES string of the molecule is CCNc1ccc(C(CC)c2ccc(C)c(CN3CCOc4ncccc4S3)c2)c(C)c1N. The van der Waals surface area contributed by atoms with Gasteiger partial charge in [0.25, 0.3) is 0 Å². The molecular weight excluding hydrogens is 428 g/mol. The summed E-state index contributed by atoms with van der Waals surface area (Å²) in [6.07, 6.45) is 2.81. The third-order valence-corrected chi connectivity index (χ3v) is 7.45. The highest BCUT2D eigenvalue weighted by molar-refractivity contribution is 7.97. The Morgan fingerprint density at radius 3 is 2.82 bits per heavy atom. The Labute approximate surface area is 201 Å². The van der Waals surface area contributed by atoms with Crippen molar-refractivity contribution in [3.8, 4) is 5.88 Å². The van der Waals surface area contributed by atoms with Crippen LogP contribution in [0.5, 0.6) is 5.88 Å². The summed E-state index contributed by atoms with van der Waals surface area (Å²) in [5.41, 5.74) is 14.8. The van der Waals surface area contributed by atoms with Crippen molar-refractivity contribution in [2.24, 2.45) is 0 Å². The Bertz CT molecular complexity index is 1120. The van der Waals surface area contributed by atoms with Crippen LogP contribution in [0.4, 0.5) is 11.4 Å². The largest absolute Gasteiger partial charge is 0.475 e. The number of aromatic nitrogens is 1. The lowest BCUT2D eigenvalue weighted by atomic mass is 9.84. The van der Waals surface area contributed by atoms with Crippen LogP contribution in [0.25, 0.3) is 0 Å². The van der Waals surface area contributed by atoms with Crippen molar-refractivity contribution in [3.63, 3.8) is 0 Å². The van der Waals surface area contributed by atoms with Gasteiger partial charge in [0.1, 0.15) is 6.61 Å². The normalized spacial score (nSPS) is 14.8. The Kier molecular flexibility index (Phi) is 7.46. The Hall–Kier alpha value is -2.70. The molecule has 0 amide bonds. The summed E-state index contributed by atoms with van der Waals surface area (Å²) in [6, 6.07) is 15.3. The van der Waals surface area contributed by atoms with Crippen LogP contribution >= 0.6 is 11.9 Å². The minimum absolute atomic E-state index is 0.312. The number of nitrogens with zero attached hydrogens (tertiary/aromatic N) is 2. The first-order valence-corrected chi connectivity index (χ1v) is 12.5. The Morgan fingerprint density at radius 2 is 2.03 bits per heavy atom. The molecule has 0 bridgehead atoms. The second kappa shape index (κ2) is 10.5. The van der Waals surface area contributed by atoms with Crippen molar-refractivity contribution in [3.05, 3.63) is 76.5 Å². The minimum Gasteiger partial charge on any atom is -0.475 e. The molecule has 1 aliphatic heterocycles. The van der Waals surface area contributed by atoms with Crippen molar-refractivity contribution < 1.29 is 4.74 Å². The molecular formula is C27H34N4OS. The quantitative estimate of drug-likeness (QED) is 0.324. The number of hydrogen-bond acceptors (Lipinski definition) is 6. The van der Waals surface area contributed by atoms with Crippen LogP contribution in [0.15, 0.2) is 53.6 Å². The number of nitrogen functional groups attached to an aromatic ring is 1. The molecule has 1 aliphatic rings. The highest BCUT2D eigenvalue weighted by atomic mass is 32.2. The van der Waals surface area contributed by atoms with Gasteiger partial charge in [0, 0.05) is 31.7 Å². The topological polar surface area (TPSA) is 63.4 Å². The zero-order chi connectivity index (χ0) is 23.4. The molecule has 3 aromatic rings. The molecule has 0 saturated carbocycles. The molecule has 0 fully saturated rings. The van der Waals surface area contributed by atoms with Gasteiger partial charge < -0.3 is 15.8 Å². The lowest BCUT2D eigenvalue weighted by Gasteiger charge is -2.24. The summed E-state index contributed by atoms with van der Waals surface area (Å²) in [5.74, 6) is 1.04. The molecule has 1 unspecified atom stereocenters. The predicted molar refractivity (Wildman–Crippen MR) is 139 cm³/mol. The van der Waals surface area contributed by atoms with Crippen molar-refractivity contribution in [2.75, 3.05) is 30.7 Å². The fourth-order valence-electron chi connectivity index (χ4n) is 4.47. The number of benzene rings is 2. The van der Waals surface area contributed by atoms with Crippen LogP contribution in [0.2, 0.25) is 0 Å². The van der Waals surface area contributed by atoms with E-state index in [0.29, 0.717) is 12.5 Å². The fourth-order valence-corrected chi connectivity index (χ4v) is 5.44. The van der Waals surface area contributed by atoms with Gasteiger partial charge in [-0.3, -0.25) is 0 Å². The van der Waals surface area contributed by atoms with Gasteiger partial charge in [-0.2, -0.15) is 0 Å². The molecule has 0 spiro atoms. The molecule has 5 nitrogen and oxygen atoms in total. The number of ether oxygens (including phenoxy) is 1. The lowest BCUT2D eigenvalue weighted by molar-refractivity contribution is 0.274. The second-order valence-corrected chi connectivity index (χ2v) is 9.67. The maximum Gasteiger partial charge on any atom is 0.228 e. The van der Waals surface area contributed by atoms with E-state index >= 15 is 0 Å². The molecule has 33 heavy (non-hydrogen) atoms. The molecule has 2 aromatic carbocycles. The molecule has 0 saturated heterocycles. The first-order valence-electron chi connectivity index (χ1n) is 11.7. The smallest absolute Gasteiger partial charge is 0.228 e. The number of pyridine rings is 1. The predicted octanol–water partition coefficient (Wildman–Crippen LogP) is 6.16. The summed E-state index contributed by atoms with van der Waals surface area (Å²) < 4.78 is 8.21. The molecule has 1 atom stereocenters. The van der Waals surface area contributed by atoms with E-state index in [2.05, 4.69) is 78.7 Å². The molecule has 2 heterocycles. The molecule has 6 heteroatoms. The molecule has 1 aromatic heterocycles. The maximum absolute atomic E-state index is 6.48. The Morgan fingerprint density at radius 1 is 1.18 bits per heavy atom. The number of anilines is 2. The Balaban J connectivity index is 1.61. The number of aryl methyl sites for hydroxylation is 1. The van der Waals surface area contributed by atoms with Gasteiger partial charge in [-0.1, -0.05) is 31.2 Å². The van der Waals surface area contributed by atoms with Gasteiger partial charge in [0.15, 0.2) is 0 Å². The van der Waals surface area contributed by atoms with Gasteiger partial charge in [0.05, 0.1) is 16.3 Å². The first-order chi connectivity index (χ1) is 16.0.